The van der Waals surface area contributed by atoms with Crippen LogP contribution in [0.1, 0.15) is 24.8 Å². The Morgan fingerprint density at radius 2 is 1.75 bits per heavy atom. The van der Waals surface area contributed by atoms with E-state index in [9.17, 15) is 24.6 Å². The highest BCUT2D eigenvalue weighted by molar-refractivity contribution is 5.83. The van der Waals surface area contributed by atoms with Crippen LogP contribution < -0.4 is 16.4 Å². The highest BCUT2D eigenvalue weighted by atomic mass is 16.4. The number of nitrogens with one attached hydrogen (secondary N) is 2. The number of carbonyl (C=O) groups is 3. The zero-order valence-corrected chi connectivity index (χ0v) is 13.3. The Hall–Kier alpha value is -2.61. The van der Waals surface area contributed by atoms with Crippen molar-refractivity contribution in [3.63, 3.8) is 0 Å². The largest absolute Gasteiger partial charge is 0.508 e. The van der Waals surface area contributed by atoms with Crippen molar-refractivity contribution in [3.05, 3.63) is 29.8 Å². The number of carboxylic acid groups (broad SMARTS) is 1. The fourth-order valence-corrected chi connectivity index (χ4v) is 2.03. The molecule has 8 nitrogen and oxygen atoms in total. The second-order valence-electron chi connectivity index (χ2n) is 5.32. The van der Waals surface area contributed by atoms with Gasteiger partial charge in [-0.1, -0.05) is 12.1 Å². The first kappa shape index (κ1) is 19.4. The first-order chi connectivity index (χ1) is 11.4. The molecule has 0 aliphatic heterocycles. The quantitative estimate of drug-likeness (QED) is 0.373. The normalized spacial score (nSPS) is 11.5. The maximum absolute atomic E-state index is 11.8. The summed E-state index contributed by atoms with van der Waals surface area (Å²) in [5.74, 6) is -1.61. The van der Waals surface area contributed by atoms with Crippen molar-refractivity contribution in [3.8, 4) is 5.75 Å². The molecule has 0 aliphatic rings. The van der Waals surface area contributed by atoms with E-state index >= 15 is 0 Å². The lowest BCUT2D eigenvalue weighted by molar-refractivity contribution is -0.141. The average Bonchev–Trinajstić information content (AvgIpc) is 2.53. The van der Waals surface area contributed by atoms with Gasteiger partial charge in [0.2, 0.25) is 11.8 Å². The van der Waals surface area contributed by atoms with Crippen LogP contribution in [-0.2, 0) is 20.8 Å². The van der Waals surface area contributed by atoms with E-state index in [0.29, 0.717) is 18.5 Å². The molecule has 2 amide bonds. The molecule has 0 bridgehead atoms. The smallest absolute Gasteiger partial charge is 0.326 e. The molecular weight excluding hydrogens is 314 g/mol. The standard InChI is InChI=1S/C16H23N3O5/c17-8-7-14(21)18-9-1-2-15(22)19-13(16(23)24)10-11-3-5-12(20)6-4-11/h3-6,13,20H,1-2,7-10,17H2,(H,18,21)(H,19,22)(H,23,24)/t13-/m0/s1. The summed E-state index contributed by atoms with van der Waals surface area (Å²) in [4.78, 5) is 34.3. The van der Waals surface area contributed by atoms with Crippen LogP contribution in [0.15, 0.2) is 24.3 Å². The van der Waals surface area contributed by atoms with Crippen LogP contribution >= 0.6 is 0 Å². The molecule has 0 spiro atoms. The van der Waals surface area contributed by atoms with Crippen molar-refractivity contribution in [1.82, 2.24) is 10.6 Å². The molecule has 1 atom stereocenters. The van der Waals surface area contributed by atoms with Crippen LogP contribution in [0, 0.1) is 0 Å². The van der Waals surface area contributed by atoms with Gasteiger partial charge in [0, 0.05) is 32.4 Å². The molecule has 0 unspecified atom stereocenters. The third-order valence-corrected chi connectivity index (χ3v) is 3.28. The number of amides is 2. The summed E-state index contributed by atoms with van der Waals surface area (Å²) >= 11 is 0. The van der Waals surface area contributed by atoms with E-state index in [0.717, 1.165) is 0 Å². The second kappa shape index (κ2) is 10.2. The van der Waals surface area contributed by atoms with Crippen LogP contribution in [0.3, 0.4) is 0 Å². The molecule has 132 valence electrons. The Kier molecular flexibility index (Phi) is 8.28. The summed E-state index contributed by atoms with van der Waals surface area (Å²) in [6.45, 7) is 0.603. The molecule has 0 radical (unpaired) electrons. The number of aliphatic carboxylic acids is 1. The minimum absolute atomic E-state index is 0.0892. The van der Waals surface area contributed by atoms with E-state index in [1.165, 1.54) is 12.1 Å². The van der Waals surface area contributed by atoms with Crippen LogP contribution in [-0.4, -0.2) is 47.1 Å². The minimum atomic E-state index is -1.13. The number of rotatable bonds is 10. The zero-order valence-electron chi connectivity index (χ0n) is 13.3. The van der Waals surface area contributed by atoms with Crippen molar-refractivity contribution in [2.45, 2.75) is 31.7 Å². The number of hydrogen-bond donors (Lipinski definition) is 5. The van der Waals surface area contributed by atoms with Gasteiger partial charge in [0.25, 0.3) is 0 Å². The Balaban J connectivity index is 2.39. The SMILES string of the molecule is NCCC(=O)NCCCC(=O)N[C@@H](Cc1ccc(O)cc1)C(=O)O. The van der Waals surface area contributed by atoms with Crippen LogP contribution in [0.25, 0.3) is 0 Å². The van der Waals surface area contributed by atoms with Gasteiger partial charge < -0.3 is 26.6 Å². The molecule has 1 aromatic rings. The van der Waals surface area contributed by atoms with E-state index < -0.39 is 17.9 Å². The Bertz CT molecular complexity index is 559. The predicted octanol–water partition coefficient (Wildman–Crippen LogP) is -0.251. The van der Waals surface area contributed by atoms with Gasteiger partial charge in [-0.3, -0.25) is 9.59 Å². The monoisotopic (exact) mass is 337 g/mol. The summed E-state index contributed by atoms with van der Waals surface area (Å²) < 4.78 is 0. The van der Waals surface area contributed by atoms with Crippen molar-refractivity contribution in [2.24, 2.45) is 5.73 Å². The van der Waals surface area contributed by atoms with Gasteiger partial charge in [-0.05, 0) is 24.1 Å². The first-order valence-corrected chi connectivity index (χ1v) is 7.69. The highest BCUT2D eigenvalue weighted by Crippen LogP contribution is 2.11. The molecule has 6 N–H and O–H groups in total. The van der Waals surface area contributed by atoms with Crippen LogP contribution in [0.2, 0.25) is 0 Å². The average molecular weight is 337 g/mol. The molecule has 0 heterocycles. The number of carbonyl (C=O) groups excluding carboxylic acids is 2. The van der Waals surface area contributed by atoms with E-state index in [2.05, 4.69) is 10.6 Å². The van der Waals surface area contributed by atoms with Gasteiger partial charge in [-0.2, -0.15) is 0 Å². The Morgan fingerprint density at radius 3 is 2.33 bits per heavy atom. The third-order valence-electron chi connectivity index (χ3n) is 3.28. The fraction of sp³-hybridized carbons (Fsp3) is 0.438. The topological polar surface area (TPSA) is 142 Å². The summed E-state index contributed by atoms with van der Waals surface area (Å²) in [7, 11) is 0. The molecule has 1 aromatic carbocycles. The third kappa shape index (κ3) is 7.59. The van der Waals surface area contributed by atoms with Crippen molar-refractivity contribution >= 4 is 17.8 Å². The second-order valence-corrected chi connectivity index (χ2v) is 5.32. The molecule has 1 rings (SSSR count). The maximum Gasteiger partial charge on any atom is 0.326 e. The van der Waals surface area contributed by atoms with Gasteiger partial charge in [0.1, 0.15) is 11.8 Å². The van der Waals surface area contributed by atoms with E-state index in [1.54, 1.807) is 12.1 Å². The summed E-state index contributed by atoms with van der Waals surface area (Å²) in [6, 6.07) is 5.07. The number of phenolic OH excluding ortho intramolecular Hbond substituents is 1. The number of phenols is 1. The number of carboxylic acids is 1. The minimum Gasteiger partial charge on any atom is -0.508 e. The first-order valence-electron chi connectivity index (χ1n) is 7.69. The van der Waals surface area contributed by atoms with Crippen LogP contribution in [0.4, 0.5) is 0 Å². The Morgan fingerprint density at radius 1 is 1.08 bits per heavy atom. The molecular formula is C16H23N3O5. The van der Waals surface area contributed by atoms with Crippen molar-refractivity contribution in [2.75, 3.05) is 13.1 Å². The number of aromatic hydroxyl groups is 1. The van der Waals surface area contributed by atoms with Gasteiger partial charge in [-0.25, -0.2) is 4.79 Å². The lowest BCUT2D eigenvalue weighted by Gasteiger charge is -2.15. The molecule has 24 heavy (non-hydrogen) atoms. The maximum atomic E-state index is 11.8. The highest BCUT2D eigenvalue weighted by Gasteiger charge is 2.20. The number of nitrogens with two attached hydrogens (primary N) is 1. The van der Waals surface area contributed by atoms with Crippen molar-refractivity contribution < 1.29 is 24.6 Å². The lowest BCUT2D eigenvalue weighted by atomic mass is 10.1. The lowest BCUT2D eigenvalue weighted by Crippen LogP contribution is -2.42. The van der Waals surface area contributed by atoms with Crippen LogP contribution in [0.5, 0.6) is 5.75 Å². The summed E-state index contributed by atoms with van der Waals surface area (Å²) in [5, 5.41) is 23.5. The number of benzene rings is 1. The van der Waals surface area contributed by atoms with E-state index in [4.69, 9.17) is 5.73 Å². The number of hydrogen-bond acceptors (Lipinski definition) is 5. The molecule has 0 aromatic heterocycles. The molecule has 0 fully saturated rings. The zero-order chi connectivity index (χ0) is 17.9. The van der Waals surface area contributed by atoms with Crippen molar-refractivity contribution in [1.29, 1.82) is 0 Å². The molecule has 0 saturated carbocycles. The molecule has 0 saturated heterocycles. The van der Waals surface area contributed by atoms with Gasteiger partial charge in [0.05, 0.1) is 0 Å². The van der Waals surface area contributed by atoms with Gasteiger partial charge >= 0.3 is 5.97 Å². The molecule has 0 aliphatic carbocycles. The van der Waals surface area contributed by atoms with Gasteiger partial charge in [0.15, 0.2) is 0 Å². The molecule has 8 heteroatoms. The predicted molar refractivity (Wildman–Crippen MR) is 87.3 cm³/mol. The van der Waals surface area contributed by atoms with Gasteiger partial charge in [-0.15, -0.1) is 0 Å². The van der Waals surface area contributed by atoms with E-state index in [-0.39, 0.29) is 37.5 Å². The Labute approximate surface area is 140 Å². The summed E-state index contributed by atoms with van der Waals surface area (Å²) in [6.07, 6.45) is 0.879. The summed E-state index contributed by atoms with van der Waals surface area (Å²) in [5.41, 5.74) is 5.93. The fourth-order valence-electron chi connectivity index (χ4n) is 2.03. The van der Waals surface area contributed by atoms with E-state index in [1.807, 2.05) is 0 Å².